The fourth-order valence-electron chi connectivity index (χ4n) is 1.33. The van der Waals surface area contributed by atoms with Gasteiger partial charge in [-0.3, -0.25) is 0 Å². The van der Waals surface area contributed by atoms with Gasteiger partial charge in [-0.15, -0.1) is 0 Å². The molecule has 14 heavy (non-hydrogen) atoms. The van der Waals surface area contributed by atoms with Crippen molar-refractivity contribution < 1.29 is 9.90 Å². The van der Waals surface area contributed by atoms with E-state index < -0.39 is 5.97 Å². The molecule has 5 nitrogen and oxygen atoms in total. The maximum Gasteiger partial charge on any atom is 0.339 e. The van der Waals surface area contributed by atoms with Gasteiger partial charge in [0.1, 0.15) is 11.9 Å². The average molecular weight is 191 g/mol. The van der Waals surface area contributed by atoms with E-state index in [1.165, 1.54) is 10.8 Å². The second-order valence-corrected chi connectivity index (χ2v) is 2.95. The van der Waals surface area contributed by atoms with Crippen molar-refractivity contribution in [3.05, 3.63) is 29.7 Å². The van der Waals surface area contributed by atoms with Crippen LogP contribution >= 0.6 is 0 Å². The molecule has 2 heterocycles. The third-order valence-electron chi connectivity index (χ3n) is 2.07. The summed E-state index contributed by atoms with van der Waals surface area (Å²) in [6, 6.07) is 1.63. The minimum Gasteiger partial charge on any atom is -0.478 e. The Balaban J connectivity index is 2.76. The molecular weight excluding hydrogens is 182 g/mol. The van der Waals surface area contributed by atoms with Gasteiger partial charge < -0.3 is 5.11 Å². The third kappa shape index (κ3) is 1.22. The topological polar surface area (TPSA) is 67.5 Å². The smallest absolute Gasteiger partial charge is 0.339 e. The second-order valence-electron chi connectivity index (χ2n) is 2.95. The third-order valence-corrected chi connectivity index (χ3v) is 2.07. The van der Waals surface area contributed by atoms with Crippen molar-refractivity contribution >= 4 is 11.6 Å². The molecule has 0 aliphatic heterocycles. The van der Waals surface area contributed by atoms with Crippen LogP contribution < -0.4 is 0 Å². The number of pyridine rings is 1. The molecule has 0 saturated heterocycles. The van der Waals surface area contributed by atoms with Crippen LogP contribution in [0.5, 0.6) is 0 Å². The van der Waals surface area contributed by atoms with Gasteiger partial charge in [-0.25, -0.2) is 14.3 Å². The highest BCUT2D eigenvalue weighted by molar-refractivity contribution is 5.94. The lowest BCUT2D eigenvalue weighted by Gasteiger charge is -2.01. The molecule has 0 amide bonds. The summed E-state index contributed by atoms with van der Waals surface area (Å²) >= 11 is 0. The summed E-state index contributed by atoms with van der Waals surface area (Å²) in [5, 5.41) is 12.9. The molecular formula is C9H9N3O2. The van der Waals surface area contributed by atoms with Gasteiger partial charge in [0.05, 0.1) is 0 Å². The molecule has 2 aromatic heterocycles. The van der Waals surface area contributed by atoms with Gasteiger partial charge in [-0.05, 0) is 18.1 Å². The number of aryl methyl sites for hydroxylation is 1. The van der Waals surface area contributed by atoms with Crippen molar-refractivity contribution in [2.75, 3.05) is 0 Å². The number of nitrogens with zero attached hydrogens (tertiary/aromatic N) is 3. The van der Waals surface area contributed by atoms with E-state index in [-0.39, 0.29) is 5.56 Å². The van der Waals surface area contributed by atoms with Gasteiger partial charge in [0, 0.05) is 6.20 Å². The molecule has 0 aromatic carbocycles. The van der Waals surface area contributed by atoms with Crippen LogP contribution in [0.1, 0.15) is 22.8 Å². The molecule has 5 heteroatoms. The Morgan fingerprint density at radius 3 is 3.07 bits per heavy atom. The van der Waals surface area contributed by atoms with Crippen molar-refractivity contribution in [1.29, 1.82) is 0 Å². The Kier molecular flexibility index (Phi) is 1.92. The quantitative estimate of drug-likeness (QED) is 0.768. The number of hydrogen-bond donors (Lipinski definition) is 1. The maximum atomic E-state index is 10.9. The lowest BCUT2D eigenvalue weighted by atomic mass is 10.1. The molecule has 2 aromatic rings. The number of aromatic carboxylic acids is 1. The minimum atomic E-state index is -0.974. The molecule has 0 radical (unpaired) electrons. The van der Waals surface area contributed by atoms with Crippen molar-refractivity contribution in [1.82, 2.24) is 14.6 Å². The Labute approximate surface area is 80.0 Å². The van der Waals surface area contributed by atoms with E-state index in [0.29, 0.717) is 5.65 Å². The first-order chi connectivity index (χ1) is 6.72. The lowest BCUT2D eigenvalue weighted by Crippen LogP contribution is -2.03. The van der Waals surface area contributed by atoms with Gasteiger partial charge >= 0.3 is 5.97 Å². The van der Waals surface area contributed by atoms with Crippen molar-refractivity contribution in [3.8, 4) is 0 Å². The molecule has 0 atom stereocenters. The second kappa shape index (κ2) is 3.10. The molecule has 1 N–H and O–H groups in total. The first-order valence-electron chi connectivity index (χ1n) is 4.28. The predicted molar refractivity (Wildman–Crippen MR) is 49.3 cm³/mol. The monoisotopic (exact) mass is 191 g/mol. The average Bonchev–Trinajstić information content (AvgIpc) is 2.63. The van der Waals surface area contributed by atoms with Crippen LogP contribution in [0.25, 0.3) is 5.65 Å². The van der Waals surface area contributed by atoms with E-state index in [9.17, 15) is 4.79 Å². The van der Waals surface area contributed by atoms with E-state index in [4.69, 9.17) is 5.11 Å². The standard InChI is InChI=1S/C9H9N3O2/c1-2-6-3-7(9(13)14)8-10-5-11-12(8)4-6/h3-5H,2H2,1H3,(H,13,14). The number of carbonyl (C=O) groups is 1. The van der Waals surface area contributed by atoms with Gasteiger partial charge in [0.2, 0.25) is 0 Å². The van der Waals surface area contributed by atoms with Crippen LogP contribution in [-0.2, 0) is 6.42 Å². The lowest BCUT2D eigenvalue weighted by molar-refractivity contribution is 0.0698. The Morgan fingerprint density at radius 1 is 1.64 bits per heavy atom. The van der Waals surface area contributed by atoms with Crippen molar-refractivity contribution in [3.63, 3.8) is 0 Å². The van der Waals surface area contributed by atoms with E-state index in [2.05, 4.69) is 10.1 Å². The summed E-state index contributed by atoms with van der Waals surface area (Å²) in [5.41, 5.74) is 1.51. The van der Waals surface area contributed by atoms with E-state index >= 15 is 0 Å². The van der Waals surface area contributed by atoms with E-state index in [1.807, 2.05) is 6.92 Å². The molecule has 0 spiro atoms. The fourth-order valence-corrected chi connectivity index (χ4v) is 1.33. The Hall–Kier alpha value is -1.91. The largest absolute Gasteiger partial charge is 0.478 e. The molecule has 0 aliphatic rings. The maximum absolute atomic E-state index is 10.9. The highest BCUT2D eigenvalue weighted by Crippen LogP contribution is 2.11. The molecule has 72 valence electrons. The molecule has 0 fully saturated rings. The SMILES string of the molecule is CCc1cc(C(=O)O)c2ncnn2c1. The van der Waals surface area contributed by atoms with Crippen LogP contribution in [0.15, 0.2) is 18.6 Å². The molecule has 0 saturated carbocycles. The van der Waals surface area contributed by atoms with Gasteiger partial charge in [0.25, 0.3) is 0 Å². The highest BCUT2D eigenvalue weighted by atomic mass is 16.4. The number of fused-ring (bicyclic) bond motifs is 1. The number of rotatable bonds is 2. The van der Waals surface area contributed by atoms with Crippen LogP contribution in [0.4, 0.5) is 0 Å². The summed E-state index contributed by atoms with van der Waals surface area (Å²) in [6.45, 7) is 1.96. The Bertz CT molecular complexity index is 490. The molecule has 0 bridgehead atoms. The minimum absolute atomic E-state index is 0.196. The van der Waals surface area contributed by atoms with Gasteiger partial charge in [0.15, 0.2) is 5.65 Å². The normalized spacial score (nSPS) is 10.6. The fraction of sp³-hybridized carbons (Fsp3) is 0.222. The molecule has 2 rings (SSSR count). The summed E-state index contributed by atoms with van der Waals surface area (Å²) in [5.74, 6) is -0.974. The summed E-state index contributed by atoms with van der Waals surface area (Å²) in [7, 11) is 0. The number of hydrogen-bond acceptors (Lipinski definition) is 3. The summed E-state index contributed by atoms with van der Waals surface area (Å²) in [6.07, 6.45) is 3.91. The van der Waals surface area contributed by atoms with Crippen LogP contribution in [-0.4, -0.2) is 25.7 Å². The van der Waals surface area contributed by atoms with Crippen molar-refractivity contribution in [2.24, 2.45) is 0 Å². The van der Waals surface area contributed by atoms with Crippen molar-refractivity contribution in [2.45, 2.75) is 13.3 Å². The van der Waals surface area contributed by atoms with E-state index in [1.54, 1.807) is 12.3 Å². The highest BCUT2D eigenvalue weighted by Gasteiger charge is 2.11. The Morgan fingerprint density at radius 2 is 2.43 bits per heavy atom. The zero-order chi connectivity index (χ0) is 10.1. The van der Waals surface area contributed by atoms with Crippen LogP contribution in [0.3, 0.4) is 0 Å². The predicted octanol–water partition coefficient (Wildman–Crippen LogP) is 0.990. The first-order valence-corrected chi connectivity index (χ1v) is 4.28. The zero-order valence-corrected chi connectivity index (χ0v) is 7.64. The summed E-state index contributed by atoms with van der Waals surface area (Å²) < 4.78 is 1.49. The number of aromatic nitrogens is 3. The zero-order valence-electron chi connectivity index (χ0n) is 7.64. The van der Waals surface area contributed by atoms with Crippen LogP contribution in [0.2, 0.25) is 0 Å². The number of carboxylic acid groups (broad SMARTS) is 1. The van der Waals surface area contributed by atoms with Gasteiger partial charge in [-0.2, -0.15) is 5.10 Å². The van der Waals surface area contributed by atoms with Crippen LogP contribution in [0, 0.1) is 0 Å². The molecule has 0 unspecified atom stereocenters. The van der Waals surface area contributed by atoms with E-state index in [0.717, 1.165) is 12.0 Å². The summed E-state index contributed by atoms with van der Waals surface area (Å²) in [4.78, 5) is 14.8. The number of carboxylic acids is 1. The van der Waals surface area contributed by atoms with Gasteiger partial charge in [-0.1, -0.05) is 6.92 Å². The first kappa shape index (κ1) is 8.68. The molecule has 0 aliphatic carbocycles.